The number of nitrogens with zero attached hydrogens (tertiary/aromatic N) is 2. The standard InChI is InChI=1S/C25H25FN2O6/c1-3-33-24(29)21-15-27(14-13-17-5-9-19(26)10-6-17)16-22(25(30)34-4-2)23(21)18-7-11-20(12-8-18)28(31)32/h5-12,15-16,23H,3-4,13-14H2,1-2H3. The third-order valence-electron chi connectivity index (χ3n) is 5.26. The van der Waals surface area contributed by atoms with Crippen molar-refractivity contribution < 1.29 is 28.4 Å². The van der Waals surface area contributed by atoms with Gasteiger partial charge in [0, 0.05) is 31.1 Å². The molecule has 178 valence electrons. The molecule has 8 nitrogen and oxygen atoms in total. The van der Waals surface area contributed by atoms with Gasteiger partial charge in [0.15, 0.2) is 0 Å². The molecule has 0 saturated carbocycles. The molecular formula is C25H25FN2O6. The number of rotatable bonds is 9. The highest BCUT2D eigenvalue weighted by Gasteiger charge is 2.35. The second-order valence-corrected chi connectivity index (χ2v) is 7.51. The Morgan fingerprint density at radius 1 is 0.941 bits per heavy atom. The van der Waals surface area contributed by atoms with Crippen LogP contribution >= 0.6 is 0 Å². The van der Waals surface area contributed by atoms with Crippen molar-refractivity contribution in [1.29, 1.82) is 0 Å². The van der Waals surface area contributed by atoms with Gasteiger partial charge in [-0.2, -0.15) is 0 Å². The molecule has 0 atom stereocenters. The summed E-state index contributed by atoms with van der Waals surface area (Å²) in [6, 6.07) is 11.7. The molecule has 34 heavy (non-hydrogen) atoms. The minimum Gasteiger partial charge on any atom is -0.463 e. The lowest BCUT2D eigenvalue weighted by Gasteiger charge is -2.30. The van der Waals surface area contributed by atoms with Gasteiger partial charge in [-0.15, -0.1) is 0 Å². The lowest BCUT2D eigenvalue weighted by atomic mass is 9.83. The molecule has 1 aliphatic rings. The van der Waals surface area contributed by atoms with Gasteiger partial charge >= 0.3 is 11.9 Å². The summed E-state index contributed by atoms with van der Waals surface area (Å²) in [7, 11) is 0. The largest absolute Gasteiger partial charge is 0.463 e. The normalized spacial score (nSPS) is 13.7. The molecule has 0 unspecified atom stereocenters. The first-order chi connectivity index (χ1) is 16.3. The number of nitro groups is 1. The third-order valence-corrected chi connectivity index (χ3v) is 5.26. The lowest BCUT2D eigenvalue weighted by molar-refractivity contribution is -0.384. The fraction of sp³-hybridized carbons (Fsp3) is 0.280. The van der Waals surface area contributed by atoms with Crippen LogP contribution in [0.15, 0.2) is 72.1 Å². The van der Waals surface area contributed by atoms with Gasteiger partial charge in [0.2, 0.25) is 0 Å². The van der Waals surface area contributed by atoms with Crippen LogP contribution in [0.1, 0.15) is 30.9 Å². The summed E-state index contributed by atoms with van der Waals surface area (Å²) < 4.78 is 23.7. The molecule has 0 amide bonds. The van der Waals surface area contributed by atoms with Crippen molar-refractivity contribution in [3.05, 3.63) is 99.1 Å². The number of carbonyl (C=O) groups excluding carboxylic acids is 2. The first-order valence-electron chi connectivity index (χ1n) is 10.9. The Balaban J connectivity index is 2.00. The molecule has 2 aromatic rings. The topological polar surface area (TPSA) is 99.0 Å². The molecule has 0 aliphatic carbocycles. The molecule has 2 aromatic carbocycles. The number of halogens is 1. The molecule has 0 spiro atoms. The van der Waals surface area contributed by atoms with E-state index < -0.39 is 22.8 Å². The van der Waals surface area contributed by atoms with Crippen LogP contribution in [0.5, 0.6) is 0 Å². The first-order valence-corrected chi connectivity index (χ1v) is 10.9. The van der Waals surface area contributed by atoms with E-state index in [-0.39, 0.29) is 35.9 Å². The van der Waals surface area contributed by atoms with Crippen LogP contribution in [0, 0.1) is 15.9 Å². The molecule has 0 radical (unpaired) electrons. The number of carbonyl (C=O) groups is 2. The van der Waals surface area contributed by atoms with E-state index in [0.29, 0.717) is 18.5 Å². The van der Waals surface area contributed by atoms with Crippen LogP contribution in [-0.2, 0) is 25.5 Å². The van der Waals surface area contributed by atoms with Gasteiger partial charge in [0.25, 0.3) is 5.69 Å². The van der Waals surface area contributed by atoms with E-state index in [0.717, 1.165) is 5.56 Å². The van der Waals surface area contributed by atoms with E-state index in [9.17, 15) is 24.1 Å². The van der Waals surface area contributed by atoms with Crippen LogP contribution < -0.4 is 0 Å². The van der Waals surface area contributed by atoms with E-state index in [1.54, 1.807) is 43.3 Å². The predicted octanol–water partition coefficient (Wildman–Crippen LogP) is 4.27. The number of hydrogen-bond acceptors (Lipinski definition) is 7. The van der Waals surface area contributed by atoms with Crippen molar-refractivity contribution >= 4 is 17.6 Å². The van der Waals surface area contributed by atoms with Gasteiger partial charge < -0.3 is 14.4 Å². The summed E-state index contributed by atoms with van der Waals surface area (Å²) in [5.41, 5.74) is 1.71. The number of non-ortho nitro benzene ring substituents is 1. The average molecular weight is 468 g/mol. The number of hydrogen-bond donors (Lipinski definition) is 0. The molecular weight excluding hydrogens is 443 g/mol. The van der Waals surface area contributed by atoms with Gasteiger partial charge in [-0.3, -0.25) is 10.1 Å². The van der Waals surface area contributed by atoms with E-state index in [1.165, 1.54) is 36.4 Å². The summed E-state index contributed by atoms with van der Waals surface area (Å²) >= 11 is 0. The van der Waals surface area contributed by atoms with Crippen molar-refractivity contribution in [3.63, 3.8) is 0 Å². The first kappa shape index (κ1) is 24.6. The molecule has 0 fully saturated rings. The second-order valence-electron chi connectivity index (χ2n) is 7.51. The molecule has 3 rings (SSSR count). The highest BCUT2D eigenvalue weighted by Crippen LogP contribution is 2.37. The molecule has 9 heteroatoms. The van der Waals surface area contributed by atoms with Crippen molar-refractivity contribution in [1.82, 2.24) is 4.90 Å². The second kappa shape index (κ2) is 11.2. The van der Waals surface area contributed by atoms with E-state index >= 15 is 0 Å². The number of benzene rings is 2. The van der Waals surface area contributed by atoms with E-state index in [2.05, 4.69) is 0 Å². The highest BCUT2D eigenvalue weighted by molar-refractivity contribution is 5.98. The predicted molar refractivity (Wildman–Crippen MR) is 122 cm³/mol. The third kappa shape index (κ3) is 5.86. The molecule has 0 bridgehead atoms. The fourth-order valence-electron chi connectivity index (χ4n) is 3.67. The SMILES string of the molecule is CCOC(=O)C1=CN(CCc2ccc(F)cc2)C=C(C(=O)OCC)C1c1ccc([N+](=O)[O-])cc1. The Hall–Kier alpha value is -4.01. The maximum absolute atomic E-state index is 13.2. The number of esters is 2. The highest BCUT2D eigenvalue weighted by atomic mass is 19.1. The van der Waals surface area contributed by atoms with E-state index in [4.69, 9.17) is 9.47 Å². The quantitative estimate of drug-likeness (QED) is 0.308. The van der Waals surface area contributed by atoms with Crippen LogP contribution in [0.2, 0.25) is 0 Å². The van der Waals surface area contributed by atoms with Gasteiger partial charge in [0.05, 0.1) is 35.2 Å². The lowest BCUT2D eigenvalue weighted by Crippen LogP contribution is -2.30. The molecule has 0 aromatic heterocycles. The Bertz CT molecular complexity index is 1070. The Labute approximate surface area is 196 Å². The van der Waals surface area contributed by atoms with Crippen molar-refractivity contribution in [2.45, 2.75) is 26.2 Å². The van der Waals surface area contributed by atoms with Gasteiger partial charge in [-0.25, -0.2) is 14.0 Å². The van der Waals surface area contributed by atoms with Crippen molar-refractivity contribution in [2.24, 2.45) is 0 Å². The summed E-state index contributed by atoms with van der Waals surface area (Å²) in [4.78, 5) is 38.0. The smallest absolute Gasteiger partial charge is 0.336 e. The zero-order chi connectivity index (χ0) is 24.7. The van der Waals surface area contributed by atoms with Gasteiger partial charge in [-0.1, -0.05) is 24.3 Å². The molecule has 0 saturated heterocycles. The zero-order valence-electron chi connectivity index (χ0n) is 18.9. The van der Waals surface area contributed by atoms with Crippen LogP contribution in [-0.4, -0.2) is 41.5 Å². The van der Waals surface area contributed by atoms with Crippen LogP contribution in [0.3, 0.4) is 0 Å². The minimum absolute atomic E-state index is 0.108. The molecule has 1 heterocycles. The molecule has 1 aliphatic heterocycles. The van der Waals surface area contributed by atoms with Gasteiger partial charge in [0.1, 0.15) is 5.82 Å². The number of nitro benzene ring substituents is 1. The summed E-state index contributed by atoms with van der Waals surface area (Å²) in [5.74, 6) is -2.36. The Morgan fingerprint density at radius 2 is 1.47 bits per heavy atom. The Kier molecular flexibility index (Phi) is 8.13. The summed E-state index contributed by atoms with van der Waals surface area (Å²) in [6.45, 7) is 4.03. The van der Waals surface area contributed by atoms with Crippen molar-refractivity contribution in [3.8, 4) is 0 Å². The maximum atomic E-state index is 13.2. The van der Waals surface area contributed by atoms with E-state index in [1.807, 2.05) is 0 Å². The fourth-order valence-corrected chi connectivity index (χ4v) is 3.67. The monoisotopic (exact) mass is 468 g/mol. The summed E-state index contributed by atoms with van der Waals surface area (Å²) in [5, 5.41) is 11.1. The molecule has 0 N–H and O–H groups in total. The minimum atomic E-state index is -0.819. The Morgan fingerprint density at radius 3 is 1.94 bits per heavy atom. The zero-order valence-corrected chi connectivity index (χ0v) is 18.9. The van der Waals surface area contributed by atoms with Crippen molar-refractivity contribution in [2.75, 3.05) is 19.8 Å². The van der Waals surface area contributed by atoms with Gasteiger partial charge in [-0.05, 0) is 43.5 Å². The summed E-state index contributed by atoms with van der Waals surface area (Å²) in [6.07, 6.45) is 3.74. The van der Waals surface area contributed by atoms with Crippen LogP contribution in [0.4, 0.5) is 10.1 Å². The number of ether oxygens (including phenoxy) is 2. The van der Waals surface area contributed by atoms with Crippen LogP contribution in [0.25, 0.3) is 0 Å². The average Bonchev–Trinajstić information content (AvgIpc) is 2.83. The maximum Gasteiger partial charge on any atom is 0.336 e.